The van der Waals surface area contributed by atoms with E-state index in [1.165, 1.54) is 0 Å². The van der Waals surface area contributed by atoms with Crippen molar-refractivity contribution >= 4 is 17.3 Å². The van der Waals surface area contributed by atoms with E-state index < -0.39 is 34.7 Å². The van der Waals surface area contributed by atoms with Gasteiger partial charge >= 0.3 is 0 Å². The normalized spacial score (nSPS) is 45.5. The Bertz CT molecular complexity index is 1500. The molecule has 44 heavy (non-hydrogen) atoms. The van der Waals surface area contributed by atoms with Crippen molar-refractivity contribution in [3.8, 4) is 0 Å². The molecule has 0 radical (unpaired) electrons. The minimum absolute atomic E-state index is 0.0677. The van der Waals surface area contributed by atoms with Crippen LogP contribution in [0.3, 0.4) is 0 Å². The molecule has 11 atom stereocenters. The number of hydroxylamine groups is 1. The molecule has 4 aliphatic carbocycles. The number of carbonyl (C=O) groups excluding carboxylic acids is 1. The summed E-state index contributed by atoms with van der Waals surface area (Å²) in [6.45, 7) is 4.40. The fourth-order valence-electron chi connectivity index (χ4n) is 11.1. The highest BCUT2D eigenvalue weighted by Gasteiger charge is 2.90. The third-order valence-corrected chi connectivity index (χ3v) is 13.3. The predicted molar refractivity (Wildman–Crippen MR) is 163 cm³/mol. The van der Waals surface area contributed by atoms with Gasteiger partial charge in [0.25, 0.3) is 5.91 Å². The van der Waals surface area contributed by atoms with Gasteiger partial charge in [-0.25, -0.2) is 5.48 Å². The van der Waals surface area contributed by atoms with Crippen LogP contribution in [-0.4, -0.2) is 61.7 Å². The molecule has 0 bridgehead atoms. The molecule has 9 heteroatoms. The largest absolute Gasteiger partial charge is 0.393 e. The molecule has 0 aromatic heterocycles. The van der Waals surface area contributed by atoms with Crippen LogP contribution in [0.25, 0.3) is 0 Å². The number of hydrogen-bond acceptors (Lipinski definition) is 8. The van der Waals surface area contributed by atoms with Gasteiger partial charge in [0, 0.05) is 34.9 Å². The zero-order chi connectivity index (χ0) is 30.6. The highest BCUT2D eigenvalue weighted by Crippen LogP contribution is 2.81. The molecule has 2 spiro atoms. The Morgan fingerprint density at radius 3 is 2.45 bits per heavy atom. The van der Waals surface area contributed by atoms with Gasteiger partial charge in [0.05, 0.1) is 30.0 Å². The molecule has 5 fully saturated rings. The van der Waals surface area contributed by atoms with Gasteiger partial charge < -0.3 is 20.1 Å². The summed E-state index contributed by atoms with van der Waals surface area (Å²) in [7, 11) is 0. The van der Waals surface area contributed by atoms with E-state index in [0.717, 1.165) is 61.9 Å². The second-order valence-corrected chi connectivity index (χ2v) is 14.8. The lowest BCUT2D eigenvalue weighted by Gasteiger charge is -2.60. The van der Waals surface area contributed by atoms with Crippen LogP contribution in [0.4, 0.5) is 5.69 Å². The SMILES string of the molecule is C[C@]12CC[C@H](O)CC1CC[C@@]13OC14CCC(C1=NN(c5ccc(C(=O)NO)cc5)C(c5ccccc5)C1)[C@@]4(C)[C@H](O)[C@@H](O)C23. The summed E-state index contributed by atoms with van der Waals surface area (Å²) in [5, 5.41) is 51.0. The first-order valence-electron chi connectivity index (χ1n) is 16.3. The van der Waals surface area contributed by atoms with E-state index in [2.05, 4.69) is 26.0 Å². The van der Waals surface area contributed by atoms with Crippen LogP contribution in [0.2, 0.25) is 0 Å². The number of carbonyl (C=O) groups is 1. The summed E-state index contributed by atoms with van der Waals surface area (Å²) in [6.07, 6.45) is 4.35. The van der Waals surface area contributed by atoms with Crippen molar-refractivity contribution in [1.29, 1.82) is 0 Å². The highest BCUT2D eigenvalue weighted by atomic mass is 16.6. The van der Waals surface area contributed by atoms with Crippen LogP contribution < -0.4 is 10.5 Å². The number of ether oxygens (including phenoxy) is 1. The second kappa shape index (κ2) is 9.59. The molecule has 2 aliphatic heterocycles. The molecule has 5 unspecified atom stereocenters. The summed E-state index contributed by atoms with van der Waals surface area (Å²) in [5.74, 6) is -0.473. The standard InChI is InChI=1S/C35H43N3O6/c1-32-15-13-24(39)18-22(32)12-16-34-29(32)28(40)30(41)33(2)25(14-17-35(33,34)44-34)26-19-27(20-6-4-3-5-7-20)38(36-26)23-10-8-21(9-11-23)31(42)37-43/h3-11,22,24-25,27-30,39-41,43H,12-19H2,1-2H3,(H,37,42)/t22?,24-,25?,27?,28-,29?,30+,32-,33-,34-,35?/m0/s1. The van der Waals surface area contributed by atoms with Gasteiger partial charge in [-0.1, -0.05) is 44.2 Å². The molecule has 6 aliphatic rings. The molecule has 2 aromatic rings. The molecule has 4 saturated carbocycles. The summed E-state index contributed by atoms with van der Waals surface area (Å²) in [5.41, 5.74) is 3.16. The van der Waals surface area contributed by atoms with Crippen molar-refractivity contribution in [2.45, 2.75) is 101 Å². The van der Waals surface area contributed by atoms with Gasteiger partial charge in [0.15, 0.2) is 0 Å². The number of epoxide rings is 1. The predicted octanol–water partition coefficient (Wildman–Crippen LogP) is 4.35. The van der Waals surface area contributed by atoms with E-state index in [-0.39, 0.29) is 29.4 Å². The third-order valence-electron chi connectivity index (χ3n) is 13.3. The zero-order valence-electron chi connectivity index (χ0n) is 25.4. The first-order chi connectivity index (χ1) is 21.1. The number of benzene rings is 2. The Hall–Kier alpha value is -2.82. The van der Waals surface area contributed by atoms with Crippen LogP contribution in [0.15, 0.2) is 59.7 Å². The average Bonchev–Trinajstić information content (AvgIpc) is 3.31. The monoisotopic (exact) mass is 601 g/mol. The number of anilines is 1. The summed E-state index contributed by atoms with van der Waals surface area (Å²) >= 11 is 0. The third kappa shape index (κ3) is 3.53. The van der Waals surface area contributed by atoms with E-state index in [4.69, 9.17) is 15.0 Å². The molecule has 5 N–H and O–H groups in total. The first kappa shape index (κ1) is 28.6. The number of nitrogens with one attached hydrogen (secondary N) is 1. The lowest BCUT2D eigenvalue weighted by molar-refractivity contribution is -0.192. The molecule has 8 rings (SSSR count). The molecule has 1 amide bonds. The molecule has 9 nitrogen and oxygen atoms in total. The van der Waals surface area contributed by atoms with Gasteiger partial charge in [0.1, 0.15) is 11.2 Å². The van der Waals surface area contributed by atoms with Crippen molar-refractivity contribution in [3.05, 3.63) is 65.7 Å². The lowest BCUT2D eigenvalue weighted by Crippen LogP contribution is -2.69. The van der Waals surface area contributed by atoms with E-state index in [9.17, 15) is 20.1 Å². The Labute approximate surface area is 257 Å². The Morgan fingerprint density at radius 1 is 0.977 bits per heavy atom. The summed E-state index contributed by atoms with van der Waals surface area (Å²) < 4.78 is 7.02. The fraction of sp³-hybridized carbons (Fsp3) is 0.600. The smallest absolute Gasteiger partial charge is 0.274 e. The molecule has 2 heterocycles. The molecular formula is C35H43N3O6. The minimum atomic E-state index is -0.957. The maximum atomic E-state index is 12.2. The topological polar surface area (TPSA) is 138 Å². The van der Waals surface area contributed by atoms with E-state index in [0.29, 0.717) is 17.9 Å². The molecule has 2 aromatic carbocycles. The van der Waals surface area contributed by atoms with E-state index in [1.54, 1.807) is 17.6 Å². The average molecular weight is 602 g/mol. The fourth-order valence-corrected chi connectivity index (χ4v) is 11.1. The minimum Gasteiger partial charge on any atom is -0.393 e. The number of aliphatic hydroxyl groups excluding tert-OH is 3. The number of aliphatic hydroxyl groups is 3. The van der Waals surface area contributed by atoms with Gasteiger partial charge in [0.2, 0.25) is 0 Å². The van der Waals surface area contributed by atoms with Crippen LogP contribution >= 0.6 is 0 Å². The first-order valence-corrected chi connectivity index (χ1v) is 16.3. The van der Waals surface area contributed by atoms with Gasteiger partial charge in [-0.15, -0.1) is 0 Å². The maximum absolute atomic E-state index is 12.2. The maximum Gasteiger partial charge on any atom is 0.274 e. The summed E-state index contributed by atoms with van der Waals surface area (Å²) in [4.78, 5) is 12.0. The van der Waals surface area contributed by atoms with E-state index in [1.807, 2.05) is 35.3 Å². The van der Waals surface area contributed by atoms with Crippen LogP contribution in [0, 0.1) is 28.6 Å². The molecular weight excluding hydrogens is 558 g/mol. The van der Waals surface area contributed by atoms with Crippen LogP contribution in [-0.2, 0) is 4.74 Å². The molecule has 1 saturated heterocycles. The van der Waals surface area contributed by atoms with Gasteiger partial charge in [-0.2, -0.15) is 5.10 Å². The Balaban J connectivity index is 1.16. The number of fused-ring (bicyclic) bond motifs is 2. The van der Waals surface area contributed by atoms with Crippen molar-refractivity contribution in [2.24, 2.45) is 33.7 Å². The quantitative estimate of drug-likeness (QED) is 0.200. The van der Waals surface area contributed by atoms with Crippen molar-refractivity contribution in [3.63, 3.8) is 0 Å². The number of amides is 1. The second-order valence-electron chi connectivity index (χ2n) is 14.8. The number of hydrazone groups is 1. The summed E-state index contributed by atoms with van der Waals surface area (Å²) in [6, 6.07) is 17.2. The number of hydrogen-bond donors (Lipinski definition) is 5. The highest BCUT2D eigenvalue weighted by molar-refractivity contribution is 5.94. The lowest BCUT2D eigenvalue weighted by atomic mass is 9.43. The Morgan fingerprint density at radius 2 is 1.73 bits per heavy atom. The van der Waals surface area contributed by atoms with Crippen LogP contribution in [0.1, 0.15) is 87.2 Å². The number of nitrogens with zero attached hydrogens (tertiary/aromatic N) is 2. The zero-order valence-corrected chi connectivity index (χ0v) is 25.4. The van der Waals surface area contributed by atoms with Gasteiger partial charge in [-0.05, 0) is 86.1 Å². The van der Waals surface area contributed by atoms with Crippen molar-refractivity contribution < 1.29 is 30.1 Å². The van der Waals surface area contributed by atoms with Crippen molar-refractivity contribution in [2.75, 3.05) is 5.01 Å². The van der Waals surface area contributed by atoms with Gasteiger partial charge in [-0.3, -0.25) is 15.0 Å². The van der Waals surface area contributed by atoms with Crippen molar-refractivity contribution in [1.82, 2.24) is 5.48 Å². The Kier molecular flexibility index (Phi) is 6.24. The van der Waals surface area contributed by atoms with E-state index >= 15 is 0 Å². The molecule has 234 valence electrons. The van der Waals surface area contributed by atoms with Crippen LogP contribution in [0.5, 0.6) is 0 Å². The number of rotatable bonds is 4.